The number of unbranched alkanes of at least 4 members (excludes halogenated alkanes) is 1. The molecule has 0 aliphatic carbocycles. The molecule has 0 saturated heterocycles. The quantitative estimate of drug-likeness (QED) is 0.799. The maximum Gasteiger partial charge on any atom is 0.231 e. The Labute approximate surface area is 99.5 Å². The number of halogens is 1. The maximum absolute atomic E-state index is 14.0. The molecular weight excluding hydrogens is 225 g/mol. The first-order valence-corrected chi connectivity index (χ1v) is 5.63. The highest BCUT2D eigenvalue weighted by Gasteiger charge is 2.25. The van der Waals surface area contributed by atoms with Gasteiger partial charge in [0.25, 0.3) is 0 Å². The fourth-order valence-electron chi connectivity index (χ4n) is 1.90. The van der Waals surface area contributed by atoms with E-state index in [0.717, 1.165) is 18.4 Å². The van der Waals surface area contributed by atoms with Crippen LogP contribution in [0.1, 0.15) is 18.4 Å². The number of aryl methyl sites for hydroxylation is 1. The van der Waals surface area contributed by atoms with Crippen LogP contribution in [0.4, 0.5) is 4.39 Å². The molecule has 17 heavy (non-hydrogen) atoms. The number of methoxy groups -OCH3 is 1. The highest BCUT2D eigenvalue weighted by Crippen LogP contribution is 2.42. The van der Waals surface area contributed by atoms with Gasteiger partial charge in [-0.1, -0.05) is 0 Å². The largest absolute Gasteiger partial charge is 0.493 e. The Balaban J connectivity index is 2.27. The zero-order chi connectivity index (χ0) is 12.3. The summed E-state index contributed by atoms with van der Waals surface area (Å²) in [6, 6.07) is 1.78. The van der Waals surface area contributed by atoms with Crippen molar-refractivity contribution in [3.05, 3.63) is 17.4 Å². The second-order valence-corrected chi connectivity index (χ2v) is 3.86. The molecule has 0 saturated carbocycles. The van der Waals surface area contributed by atoms with Gasteiger partial charge in [-0.25, -0.2) is 0 Å². The van der Waals surface area contributed by atoms with Gasteiger partial charge in [-0.3, -0.25) is 0 Å². The van der Waals surface area contributed by atoms with Gasteiger partial charge < -0.3 is 19.9 Å². The number of fused-ring (bicyclic) bond motifs is 1. The number of hydrogen-bond donors (Lipinski definition) is 1. The van der Waals surface area contributed by atoms with Crippen molar-refractivity contribution in [1.82, 2.24) is 0 Å². The monoisotopic (exact) mass is 241 g/mol. The molecule has 0 fully saturated rings. The summed E-state index contributed by atoms with van der Waals surface area (Å²) in [7, 11) is 1.45. The van der Waals surface area contributed by atoms with Crippen LogP contribution in [0.25, 0.3) is 0 Å². The highest BCUT2D eigenvalue weighted by atomic mass is 19.1. The number of benzene rings is 1. The van der Waals surface area contributed by atoms with Gasteiger partial charge in [-0.15, -0.1) is 0 Å². The van der Waals surface area contributed by atoms with E-state index in [1.165, 1.54) is 7.11 Å². The highest BCUT2D eigenvalue weighted by molar-refractivity contribution is 5.53. The van der Waals surface area contributed by atoms with Crippen molar-refractivity contribution in [2.45, 2.75) is 19.3 Å². The van der Waals surface area contributed by atoms with Gasteiger partial charge in [0.05, 0.1) is 7.11 Å². The molecule has 0 amide bonds. The van der Waals surface area contributed by atoms with E-state index in [1.54, 1.807) is 6.07 Å². The zero-order valence-electron chi connectivity index (χ0n) is 9.79. The summed E-state index contributed by atoms with van der Waals surface area (Å²) >= 11 is 0. The van der Waals surface area contributed by atoms with Crippen LogP contribution in [-0.2, 0) is 6.42 Å². The summed E-state index contributed by atoms with van der Waals surface area (Å²) in [5, 5.41) is 0. The number of nitrogens with two attached hydrogens (primary N) is 1. The van der Waals surface area contributed by atoms with Crippen LogP contribution in [-0.4, -0.2) is 20.4 Å². The molecule has 94 valence electrons. The van der Waals surface area contributed by atoms with E-state index in [4.69, 9.17) is 19.9 Å². The standard InChI is InChI=1S/C12H16FNO3/c1-15-11-8(4-2-3-5-14)6-9-12(10(11)13)17-7-16-9/h6H,2-5,7,14H2,1H3. The molecule has 1 aliphatic rings. The van der Waals surface area contributed by atoms with Gasteiger partial charge in [-0.05, 0) is 31.9 Å². The van der Waals surface area contributed by atoms with Crippen molar-refractivity contribution in [2.75, 3.05) is 20.4 Å². The van der Waals surface area contributed by atoms with Gasteiger partial charge in [0, 0.05) is 5.56 Å². The first-order valence-electron chi connectivity index (χ1n) is 5.63. The van der Waals surface area contributed by atoms with E-state index in [9.17, 15) is 4.39 Å². The Morgan fingerprint density at radius 3 is 2.94 bits per heavy atom. The van der Waals surface area contributed by atoms with Crippen molar-refractivity contribution in [3.8, 4) is 17.2 Å². The normalized spacial score (nSPS) is 12.9. The Morgan fingerprint density at radius 2 is 2.24 bits per heavy atom. The van der Waals surface area contributed by atoms with Crippen LogP contribution in [0.5, 0.6) is 17.2 Å². The van der Waals surface area contributed by atoms with Gasteiger partial charge >= 0.3 is 0 Å². The fourth-order valence-corrected chi connectivity index (χ4v) is 1.90. The molecule has 2 rings (SSSR count). The van der Waals surface area contributed by atoms with E-state index < -0.39 is 5.82 Å². The third-order valence-corrected chi connectivity index (χ3v) is 2.74. The molecule has 0 atom stereocenters. The first-order chi connectivity index (χ1) is 8.27. The molecule has 0 unspecified atom stereocenters. The van der Waals surface area contributed by atoms with Crippen molar-refractivity contribution in [1.29, 1.82) is 0 Å². The fraction of sp³-hybridized carbons (Fsp3) is 0.500. The molecule has 0 bridgehead atoms. The van der Waals surface area contributed by atoms with Crippen molar-refractivity contribution in [2.24, 2.45) is 5.73 Å². The molecule has 5 heteroatoms. The van der Waals surface area contributed by atoms with Crippen molar-refractivity contribution < 1.29 is 18.6 Å². The van der Waals surface area contributed by atoms with Crippen LogP contribution in [0.15, 0.2) is 6.07 Å². The third kappa shape index (κ3) is 2.29. The minimum atomic E-state index is -0.481. The average molecular weight is 241 g/mol. The van der Waals surface area contributed by atoms with E-state index in [-0.39, 0.29) is 18.3 Å². The SMILES string of the molecule is COc1c(CCCCN)cc2c(c1F)OCO2. The summed E-state index contributed by atoms with van der Waals surface area (Å²) in [6.45, 7) is 0.691. The molecule has 0 aromatic heterocycles. The van der Waals surface area contributed by atoms with Gasteiger partial charge in [0.1, 0.15) is 0 Å². The summed E-state index contributed by atoms with van der Waals surface area (Å²) in [5.41, 5.74) is 6.23. The maximum atomic E-state index is 14.0. The lowest BCUT2D eigenvalue weighted by atomic mass is 10.1. The lowest BCUT2D eigenvalue weighted by molar-refractivity contribution is 0.170. The second kappa shape index (κ2) is 5.23. The van der Waals surface area contributed by atoms with Crippen LogP contribution in [0, 0.1) is 5.82 Å². The summed E-state index contributed by atoms with van der Waals surface area (Å²) in [6.07, 6.45) is 2.51. The van der Waals surface area contributed by atoms with E-state index >= 15 is 0 Å². The zero-order valence-corrected chi connectivity index (χ0v) is 9.79. The van der Waals surface area contributed by atoms with Gasteiger partial charge in [0.2, 0.25) is 18.4 Å². The Bertz CT molecular complexity index is 409. The van der Waals surface area contributed by atoms with Crippen molar-refractivity contribution in [3.63, 3.8) is 0 Å². The van der Waals surface area contributed by atoms with Crippen molar-refractivity contribution >= 4 is 0 Å². The number of hydrogen-bond acceptors (Lipinski definition) is 4. The lowest BCUT2D eigenvalue weighted by Gasteiger charge is -2.11. The first kappa shape index (κ1) is 12.0. The average Bonchev–Trinajstić information content (AvgIpc) is 2.78. The number of rotatable bonds is 5. The molecule has 1 aliphatic heterocycles. The van der Waals surface area contributed by atoms with E-state index in [2.05, 4.69) is 0 Å². The minimum absolute atomic E-state index is 0.0572. The molecule has 1 heterocycles. The summed E-state index contributed by atoms with van der Waals surface area (Å²) in [4.78, 5) is 0. The second-order valence-electron chi connectivity index (χ2n) is 3.86. The number of ether oxygens (including phenoxy) is 3. The Kier molecular flexibility index (Phi) is 3.68. The summed E-state index contributed by atoms with van der Waals surface area (Å²) < 4.78 is 29.3. The lowest BCUT2D eigenvalue weighted by Crippen LogP contribution is -2.01. The van der Waals surface area contributed by atoms with Crippen LogP contribution in [0.2, 0.25) is 0 Å². The molecule has 0 radical (unpaired) electrons. The molecule has 4 nitrogen and oxygen atoms in total. The summed E-state index contributed by atoms with van der Waals surface area (Å²) in [5.74, 6) is 0.354. The van der Waals surface area contributed by atoms with Crippen LogP contribution < -0.4 is 19.9 Å². The van der Waals surface area contributed by atoms with Gasteiger partial charge in [-0.2, -0.15) is 4.39 Å². The topological polar surface area (TPSA) is 53.7 Å². The predicted molar refractivity (Wildman–Crippen MR) is 61.1 cm³/mol. The smallest absolute Gasteiger partial charge is 0.231 e. The van der Waals surface area contributed by atoms with Crippen LogP contribution >= 0.6 is 0 Å². The molecule has 1 aromatic rings. The predicted octanol–water partition coefficient (Wildman–Crippen LogP) is 1.84. The molecular formula is C12H16FNO3. The van der Waals surface area contributed by atoms with E-state index in [1.807, 2.05) is 0 Å². The van der Waals surface area contributed by atoms with E-state index in [0.29, 0.717) is 18.7 Å². The Hall–Kier alpha value is -1.49. The third-order valence-electron chi connectivity index (χ3n) is 2.74. The Morgan fingerprint density at radius 1 is 1.41 bits per heavy atom. The van der Waals surface area contributed by atoms with Gasteiger partial charge in [0.15, 0.2) is 11.5 Å². The molecule has 1 aromatic carbocycles. The molecule has 0 spiro atoms. The molecule has 2 N–H and O–H groups in total. The minimum Gasteiger partial charge on any atom is -0.493 e. The van der Waals surface area contributed by atoms with Crippen LogP contribution in [0.3, 0.4) is 0 Å².